The molecular weight excluding hydrogens is 330 g/mol. The van der Waals surface area contributed by atoms with Crippen LogP contribution in [0.4, 0.5) is 11.5 Å². The number of nitrogens with one attached hydrogen (secondary N) is 2. The molecule has 0 saturated heterocycles. The van der Waals surface area contributed by atoms with E-state index in [1.165, 1.54) is 28.7 Å². The Morgan fingerprint density at radius 2 is 2.08 bits per heavy atom. The summed E-state index contributed by atoms with van der Waals surface area (Å²) in [6.45, 7) is 3.51. The fourth-order valence-electron chi connectivity index (χ4n) is 2.23. The van der Waals surface area contributed by atoms with E-state index >= 15 is 0 Å². The molecule has 2 aromatic rings. The second-order valence-electron chi connectivity index (χ2n) is 5.62. The Bertz CT molecular complexity index is 823. The van der Waals surface area contributed by atoms with Gasteiger partial charge in [0, 0.05) is 20.3 Å². The van der Waals surface area contributed by atoms with E-state index in [1.54, 1.807) is 20.9 Å². The summed E-state index contributed by atoms with van der Waals surface area (Å²) in [5.74, 6) is -1.56. The van der Waals surface area contributed by atoms with Gasteiger partial charge in [-0.3, -0.25) is 14.3 Å². The maximum atomic E-state index is 12.4. The molecule has 0 saturated carbocycles. The Kier molecular flexibility index (Phi) is 5.15. The predicted molar refractivity (Wildman–Crippen MR) is 88.0 cm³/mol. The molecule has 0 aliphatic rings. The summed E-state index contributed by atoms with van der Waals surface area (Å²) >= 11 is 0. The van der Waals surface area contributed by atoms with Crippen LogP contribution in [0.3, 0.4) is 0 Å². The Labute approximate surface area is 143 Å². The number of nitro groups is 1. The molecule has 0 bridgehead atoms. The van der Waals surface area contributed by atoms with Crippen LogP contribution in [0.5, 0.6) is 0 Å². The van der Waals surface area contributed by atoms with Crippen molar-refractivity contribution in [3.63, 3.8) is 0 Å². The van der Waals surface area contributed by atoms with Gasteiger partial charge in [-0.1, -0.05) is 6.92 Å². The summed E-state index contributed by atoms with van der Waals surface area (Å²) < 4.78 is 2.83. The predicted octanol–water partition coefficient (Wildman–Crippen LogP) is 0.468. The highest BCUT2D eigenvalue weighted by molar-refractivity contribution is 6.02. The molecule has 2 N–H and O–H groups in total. The quantitative estimate of drug-likeness (QED) is 0.574. The highest BCUT2D eigenvalue weighted by Crippen LogP contribution is 2.16. The smallest absolute Gasteiger partial charge is 0.358 e. The zero-order valence-electron chi connectivity index (χ0n) is 14.3. The highest BCUT2D eigenvalue weighted by atomic mass is 16.6. The largest absolute Gasteiger partial charge is 0.390 e. The van der Waals surface area contributed by atoms with Crippen molar-refractivity contribution < 1.29 is 14.5 Å². The Balaban J connectivity index is 2.11. The first-order chi connectivity index (χ1) is 11.7. The number of carbonyl (C=O) groups is 2. The lowest BCUT2D eigenvalue weighted by atomic mass is 10.1. The van der Waals surface area contributed by atoms with Gasteiger partial charge in [0.2, 0.25) is 5.91 Å². The third-order valence-electron chi connectivity index (χ3n) is 3.58. The number of carbonyl (C=O) groups excluding carboxylic acids is 2. The van der Waals surface area contributed by atoms with Crippen molar-refractivity contribution in [3.8, 4) is 0 Å². The number of hydrogen-bond acceptors (Lipinski definition) is 6. The van der Waals surface area contributed by atoms with Gasteiger partial charge in [-0.05, 0) is 11.8 Å². The number of rotatable bonds is 6. The molecule has 11 heteroatoms. The lowest BCUT2D eigenvalue weighted by Gasteiger charge is -2.11. The number of hydrogen-bond donors (Lipinski definition) is 2. The molecule has 1 atom stereocenters. The number of anilines is 1. The van der Waals surface area contributed by atoms with Crippen LogP contribution >= 0.6 is 0 Å². The molecule has 11 nitrogen and oxygen atoms in total. The van der Waals surface area contributed by atoms with E-state index in [4.69, 9.17) is 0 Å². The number of amides is 2. The lowest BCUT2D eigenvalue weighted by molar-refractivity contribution is -0.389. The van der Waals surface area contributed by atoms with Crippen LogP contribution < -0.4 is 10.6 Å². The van der Waals surface area contributed by atoms with Crippen molar-refractivity contribution in [2.45, 2.75) is 20.4 Å². The molecule has 0 spiro atoms. The average molecular weight is 349 g/mol. The Hall–Kier alpha value is -3.24. The standard InChI is InChI=1S/C14H19N7O4/c1-8(6-20-9(2)5-11(17-20)21(24)25)13(22)16-10-7-19(4)18-12(10)14(23)15-3/h5,7-8H,6H2,1-4H3,(H,15,23)(H,16,22). The van der Waals surface area contributed by atoms with Gasteiger partial charge in [-0.2, -0.15) is 9.78 Å². The molecule has 134 valence electrons. The van der Waals surface area contributed by atoms with Gasteiger partial charge in [0.25, 0.3) is 5.91 Å². The van der Waals surface area contributed by atoms with Gasteiger partial charge in [0.05, 0.1) is 35.0 Å². The SMILES string of the molecule is CNC(=O)c1nn(C)cc1NC(=O)C(C)Cn1nc([N+](=O)[O-])cc1C. The van der Waals surface area contributed by atoms with Crippen molar-refractivity contribution in [1.82, 2.24) is 24.9 Å². The van der Waals surface area contributed by atoms with E-state index < -0.39 is 16.7 Å². The van der Waals surface area contributed by atoms with E-state index in [1.807, 2.05) is 0 Å². The summed E-state index contributed by atoms with van der Waals surface area (Å²) in [5.41, 5.74) is 0.983. The maximum absolute atomic E-state index is 12.4. The fraction of sp³-hybridized carbons (Fsp3) is 0.429. The van der Waals surface area contributed by atoms with Crippen LogP contribution in [0.1, 0.15) is 23.1 Å². The summed E-state index contributed by atoms with van der Waals surface area (Å²) in [6.07, 6.45) is 1.53. The maximum Gasteiger partial charge on any atom is 0.390 e. The zero-order valence-corrected chi connectivity index (χ0v) is 14.3. The van der Waals surface area contributed by atoms with Crippen LogP contribution in [0, 0.1) is 23.0 Å². The minimum absolute atomic E-state index is 0.108. The second kappa shape index (κ2) is 7.11. The minimum Gasteiger partial charge on any atom is -0.358 e. The van der Waals surface area contributed by atoms with E-state index in [2.05, 4.69) is 20.8 Å². The van der Waals surface area contributed by atoms with E-state index in [0.29, 0.717) is 11.4 Å². The Morgan fingerprint density at radius 1 is 1.40 bits per heavy atom. The van der Waals surface area contributed by atoms with Crippen molar-refractivity contribution in [3.05, 3.63) is 33.8 Å². The number of aryl methyl sites for hydroxylation is 2. The van der Waals surface area contributed by atoms with Crippen molar-refractivity contribution in [2.75, 3.05) is 12.4 Å². The van der Waals surface area contributed by atoms with Crippen molar-refractivity contribution in [1.29, 1.82) is 0 Å². The first kappa shape index (κ1) is 18.1. The van der Waals surface area contributed by atoms with Crippen molar-refractivity contribution in [2.24, 2.45) is 13.0 Å². The van der Waals surface area contributed by atoms with Crippen LogP contribution in [-0.2, 0) is 18.4 Å². The van der Waals surface area contributed by atoms with Gasteiger partial charge in [-0.25, -0.2) is 0 Å². The summed E-state index contributed by atoms with van der Waals surface area (Å²) in [7, 11) is 3.11. The van der Waals surface area contributed by atoms with Crippen LogP contribution in [0.15, 0.2) is 12.3 Å². The Morgan fingerprint density at radius 3 is 2.64 bits per heavy atom. The van der Waals surface area contributed by atoms with Gasteiger partial charge >= 0.3 is 5.82 Å². The second-order valence-corrected chi connectivity index (χ2v) is 5.62. The van der Waals surface area contributed by atoms with E-state index in [-0.39, 0.29) is 24.0 Å². The third-order valence-corrected chi connectivity index (χ3v) is 3.58. The molecule has 2 amide bonds. The molecule has 25 heavy (non-hydrogen) atoms. The molecule has 2 aromatic heterocycles. The zero-order chi connectivity index (χ0) is 18.7. The minimum atomic E-state index is -0.584. The third kappa shape index (κ3) is 4.00. The van der Waals surface area contributed by atoms with Crippen LogP contribution in [0.25, 0.3) is 0 Å². The normalized spacial score (nSPS) is 11.8. The van der Waals surface area contributed by atoms with Crippen LogP contribution in [-0.4, -0.2) is 43.3 Å². The molecule has 0 aliphatic carbocycles. The monoisotopic (exact) mass is 349 g/mol. The summed E-state index contributed by atoms with van der Waals surface area (Å²) in [5, 5.41) is 23.7. The molecule has 0 aromatic carbocycles. The van der Waals surface area contributed by atoms with E-state index in [9.17, 15) is 19.7 Å². The molecule has 0 fully saturated rings. The van der Waals surface area contributed by atoms with Gasteiger partial charge in [0.15, 0.2) is 5.69 Å². The lowest BCUT2D eigenvalue weighted by Crippen LogP contribution is -2.27. The van der Waals surface area contributed by atoms with Gasteiger partial charge in [0.1, 0.15) is 0 Å². The molecule has 2 rings (SSSR count). The molecule has 0 aliphatic heterocycles. The topological polar surface area (TPSA) is 137 Å². The van der Waals surface area contributed by atoms with Crippen LogP contribution in [0.2, 0.25) is 0 Å². The molecule has 0 radical (unpaired) electrons. The first-order valence-electron chi connectivity index (χ1n) is 7.48. The average Bonchev–Trinajstić information content (AvgIpc) is 3.09. The fourth-order valence-corrected chi connectivity index (χ4v) is 2.23. The molecular formula is C14H19N7O4. The first-order valence-corrected chi connectivity index (χ1v) is 7.48. The molecule has 1 unspecified atom stereocenters. The van der Waals surface area contributed by atoms with E-state index in [0.717, 1.165) is 0 Å². The summed E-state index contributed by atoms with van der Waals surface area (Å²) in [6, 6.07) is 1.34. The van der Waals surface area contributed by atoms with Gasteiger partial charge in [-0.15, -0.1) is 0 Å². The number of nitrogens with zero attached hydrogens (tertiary/aromatic N) is 5. The number of aromatic nitrogens is 4. The molecule has 2 heterocycles. The highest BCUT2D eigenvalue weighted by Gasteiger charge is 2.23. The van der Waals surface area contributed by atoms with Crippen molar-refractivity contribution >= 4 is 23.3 Å². The van der Waals surface area contributed by atoms with Gasteiger partial charge < -0.3 is 20.7 Å². The summed E-state index contributed by atoms with van der Waals surface area (Å²) in [4.78, 5) is 34.4.